The first-order valence-corrected chi connectivity index (χ1v) is 2.96. The molecule has 1 aliphatic rings. The minimum absolute atomic E-state index is 0.332. The maximum absolute atomic E-state index is 10.6. The molecule has 1 aliphatic heterocycles. The van der Waals surface area contributed by atoms with E-state index in [9.17, 15) is 4.79 Å². The normalized spacial score (nSPS) is 22.8. The molecule has 1 rings (SSSR count). The van der Waals surface area contributed by atoms with Crippen molar-refractivity contribution in [3.63, 3.8) is 0 Å². The highest BCUT2D eigenvalue weighted by Gasteiger charge is 2.04. The first-order chi connectivity index (χ1) is 3.89. The predicted octanol–water partition coefficient (Wildman–Crippen LogP) is 0.491. The average Bonchev–Trinajstić information content (AvgIpc) is 1.94. The Morgan fingerprint density at radius 3 is 3.38 bits per heavy atom. The van der Waals surface area contributed by atoms with Crippen LogP contribution >= 0.6 is 0 Å². The molecule has 0 aliphatic carbocycles. The second-order valence-electron chi connectivity index (χ2n) is 2.02. The van der Waals surface area contributed by atoms with E-state index in [2.05, 4.69) is 5.32 Å². The van der Waals surface area contributed by atoms with E-state index in [1.54, 1.807) is 0 Å². The molecule has 1 fully saturated rings. The molecule has 2 heteroatoms. The molecular formula is C6H10NO. The number of hydrogen-bond acceptors (Lipinski definition) is 2. The summed E-state index contributed by atoms with van der Waals surface area (Å²) in [4.78, 5) is 10.6. The van der Waals surface area contributed by atoms with E-state index >= 15 is 0 Å². The van der Waals surface area contributed by atoms with Crippen LogP contribution in [0.1, 0.15) is 19.3 Å². The highest BCUT2D eigenvalue weighted by atomic mass is 16.1. The number of hydrogen-bond donors (Lipinski definition) is 1. The molecule has 1 heterocycles. The van der Waals surface area contributed by atoms with Crippen molar-refractivity contribution in [1.29, 1.82) is 0 Å². The molecule has 1 radical (unpaired) electrons. The lowest BCUT2D eigenvalue weighted by Crippen LogP contribution is -2.16. The van der Waals surface area contributed by atoms with Gasteiger partial charge in [-0.25, -0.2) is 0 Å². The van der Waals surface area contributed by atoms with Crippen LogP contribution in [0.5, 0.6) is 0 Å². The van der Waals surface area contributed by atoms with Gasteiger partial charge in [0.15, 0.2) is 0 Å². The second kappa shape index (κ2) is 2.82. The van der Waals surface area contributed by atoms with Gasteiger partial charge in [-0.05, 0) is 12.8 Å². The van der Waals surface area contributed by atoms with Gasteiger partial charge >= 0.3 is 0 Å². The largest absolute Gasteiger partial charge is 0.306 e. The number of rotatable bonds is 0. The Morgan fingerprint density at radius 1 is 1.62 bits per heavy atom. The molecule has 8 heavy (non-hydrogen) atoms. The minimum Gasteiger partial charge on any atom is -0.306 e. The number of Topliss-reactive ketones (excluding diaryl/α,β-unsaturated/α-hetero) is 1. The van der Waals surface area contributed by atoms with Crippen LogP contribution in [0.15, 0.2) is 0 Å². The van der Waals surface area contributed by atoms with Crippen LogP contribution in [-0.2, 0) is 4.79 Å². The Morgan fingerprint density at radius 2 is 2.50 bits per heavy atom. The fourth-order valence-corrected chi connectivity index (χ4v) is 0.778. The van der Waals surface area contributed by atoms with Crippen LogP contribution in [0, 0.1) is 6.54 Å². The maximum atomic E-state index is 10.6. The molecule has 0 aromatic rings. The van der Waals surface area contributed by atoms with Crippen molar-refractivity contribution in [3.8, 4) is 0 Å². The van der Waals surface area contributed by atoms with Gasteiger partial charge in [0.2, 0.25) is 0 Å². The third-order valence-corrected chi connectivity index (χ3v) is 1.25. The summed E-state index contributed by atoms with van der Waals surface area (Å²) in [6.07, 6.45) is 2.81. The standard InChI is InChI=1S/C6H10NO/c8-6-3-1-2-4-7-5-6/h4,7H,1-3,5H2. The van der Waals surface area contributed by atoms with Gasteiger partial charge in [0.05, 0.1) is 6.54 Å². The molecular weight excluding hydrogens is 102 g/mol. The van der Waals surface area contributed by atoms with Crippen LogP contribution in [0.2, 0.25) is 0 Å². The van der Waals surface area contributed by atoms with E-state index in [1.165, 1.54) is 0 Å². The zero-order valence-electron chi connectivity index (χ0n) is 4.81. The average molecular weight is 112 g/mol. The fraction of sp³-hybridized carbons (Fsp3) is 0.667. The van der Waals surface area contributed by atoms with Gasteiger partial charge in [0.25, 0.3) is 0 Å². The Kier molecular flexibility index (Phi) is 2.03. The number of carbonyl (C=O) groups excluding carboxylic acids is 1. The highest BCUT2D eigenvalue weighted by Crippen LogP contribution is 2.00. The smallest absolute Gasteiger partial charge is 0.146 e. The van der Waals surface area contributed by atoms with Gasteiger partial charge in [0, 0.05) is 13.0 Å². The zero-order valence-corrected chi connectivity index (χ0v) is 4.81. The molecule has 0 aromatic carbocycles. The first-order valence-electron chi connectivity index (χ1n) is 2.96. The van der Waals surface area contributed by atoms with E-state index in [1.807, 2.05) is 6.54 Å². The van der Waals surface area contributed by atoms with E-state index in [0.29, 0.717) is 12.3 Å². The molecule has 1 N–H and O–H groups in total. The van der Waals surface area contributed by atoms with Crippen molar-refractivity contribution < 1.29 is 4.79 Å². The second-order valence-corrected chi connectivity index (χ2v) is 2.02. The number of ketones is 1. The summed E-state index contributed by atoms with van der Waals surface area (Å²) in [5.74, 6) is 0.332. The van der Waals surface area contributed by atoms with Crippen molar-refractivity contribution >= 4 is 5.78 Å². The van der Waals surface area contributed by atoms with Crippen LogP contribution in [0.3, 0.4) is 0 Å². The van der Waals surface area contributed by atoms with Crippen molar-refractivity contribution in [2.24, 2.45) is 0 Å². The summed E-state index contributed by atoms with van der Waals surface area (Å²) in [6.45, 7) is 2.50. The third kappa shape index (κ3) is 1.62. The molecule has 0 atom stereocenters. The summed E-state index contributed by atoms with van der Waals surface area (Å²) in [6, 6.07) is 0. The van der Waals surface area contributed by atoms with Gasteiger partial charge < -0.3 is 5.32 Å². The van der Waals surface area contributed by atoms with Gasteiger partial charge in [0.1, 0.15) is 5.78 Å². The van der Waals surface area contributed by atoms with Crippen molar-refractivity contribution in [1.82, 2.24) is 5.32 Å². The first kappa shape index (κ1) is 5.76. The lowest BCUT2D eigenvalue weighted by atomic mass is 10.2. The van der Waals surface area contributed by atoms with Gasteiger partial charge in [-0.15, -0.1) is 0 Å². The lowest BCUT2D eigenvalue weighted by Gasteiger charge is -1.90. The van der Waals surface area contributed by atoms with E-state index < -0.39 is 0 Å². The molecule has 0 spiro atoms. The van der Waals surface area contributed by atoms with Crippen LogP contribution in [-0.4, -0.2) is 12.3 Å². The molecule has 0 bridgehead atoms. The monoisotopic (exact) mass is 112 g/mol. The van der Waals surface area contributed by atoms with Crippen molar-refractivity contribution in [2.45, 2.75) is 19.3 Å². The Bertz CT molecular complexity index is 80.5. The molecule has 0 aromatic heterocycles. The maximum Gasteiger partial charge on any atom is 0.146 e. The van der Waals surface area contributed by atoms with Crippen LogP contribution < -0.4 is 5.32 Å². The topological polar surface area (TPSA) is 29.1 Å². The highest BCUT2D eigenvalue weighted by molar-refractivity contribution is 5.80. The number of nitrogens with one attached hydrogen (secondary N) is 1. The van der Waals surface area contributed by atoms with E-state index in [-0.39, 0.29) is 0 Å². The molecule has 0 saturated carbocycles. The SMILES string of the molecule is O=C1CCC[CH]NC1. The quantitative estimate of drug-likeness (QED) is 0.494. The summed E-state index contributed by atoms with van der Waals surface area (Å²) in [7, 11) is 0. The van der Waals surface area contributed by atoms with E-state index in [0.717, 1.165) is 19.3 Å². The van der Waals surface area contributed by atoms with Crippen molar-refractivity contribution in [3.05, 3.63) is 6.54 Å². The lowest BCUT2D eigenvalue weighted by molar-refractivity contribution is -0.117. The number of carbonyl (C=O) groups is 1. The van der Waals surface area contributed by atoms with Crippen LogP contribution in [0.4, 0.5) is 0 Å². The van der Waals surface area contributed by atoms with Gasteiger partial charge in [-0.3, -0.25) is 4.79 Å². The summed E-state index contributed by atoms with van der Waals surface area (Å²) >= 11 is 0. The fourth-order valence-electron chi connectivity index (χ4n) is 0.778. The van der Waals surface area contributed by atoms with Gasteiger partial charge in [-0.2, -0.15) is 0 Å². The molecule has 2 nitrogen and oxygen atoms in total. The van der Waals surface area contributed by atoms with Gasteiger partial charge in [-0.1, -0.05) is 0 Å². The van der Waals surface area contributed by atoms with E-state index in [4.69, 9.17) is 0 Å². The Balaban J connectivity index is 2.27. The summed E-state index contributed by atoms with van der Waals surface area (Å²) < 4.78 is 0. The summed E-state index contributed by atoms with van der Waals surface area (Å²) in [5.41, 5.74) is 0. The molecule has 1 saturated heterocycles. The molecule has 0 amide bonds. The zero-order chi connectivity index (χ0) is 5.82. The Hall–Kier alpha value is -0.370. The predicted molar refractivity (Wildman–Crippen MR) is 31.2 cm³/mol. The summed E-state index contributed by atoms with van der Waals surface area (Å²) in [5, 5.41) is 2.92. The molecule has 45 valence electrons. The minimum atomic E-state index is 0.332. The third-order valence-electron chi connectivity index (χ3n) is 1.25. The van der Waals surface area contributed by atoms with Crippen LogP contribution in [0.25, 0.3) is 0 Å². The molecule has 0 unspecified atom stereocenters. The Labute approximate surface area is 49.3 Å². The van der Waals surface area contributed by atoms with Crippen molar-refractivity contribution in [2.75, 3.05) is 6.54 Å².